The Morgan fingerprint density at radius 3 is 2.67 bits per heavy atom. The van der Waals surface area contributed by atoms with Crippen molar-refractivity contribution in [3.63, 3.8) is 0 Å². The van der Waals surface area contributed by atoms with Crippen LogP contribution < -0.4 is 10.1 Å². The van der Waals surface area contributed by atoms with Crippen LogP contribution >= 0.6 is 0 Å². The Labute approximate surface area is 139 Å². The molecule has 24 heavy (non-hydrogen) atoms. The summed E-state index contributed by atoms with van der Waals surface area (Å²) in [4.78, 5) is 23.8. The lowest BCUT2D eigenvalue weighted by Gasteiger charge is -2.23. The fourth-order valence-electron chi connectivity index (χ4n) is 2.54. The maximum atomic E-state index is 11.9. The summed E-state index contributed by atoms with van der Waals surface area (Å²) in [7, 11) is -1.82. The minimum atomic E-state index is -3.16. The van der Waals surface area contributed by atoms with Crippen molar-refractivity contribution < 1.29 is 32.6 Å². The van der Waals surface area contributed by atoms with Gasteiger partial charge in [-0.1, -0.05) is 6.07 Å². The Morgan fingerprint density at radius 1 is 1.38 bits per heavy atom. The quantitative estimate of drug-likeness (QED) is 0.725. The third-order valence-electron chi connectivity index (χ3n) is 3.72. The van der Waals surface area contributed by atoms with Gasteiger partial charge in [-0.05, 0) is 25.5 Å². The van der Waals surface area contributed by atoms with Gasteiger partial charge in [0.05, 0.1) is 24.2 Å². The van der Waals surface area contributed by atoms with E-state index in [2.05, 4.69) is 5.32 Å². The standard InChI is InChI=1S/C15H19NO7S/c1-15(6-7-24(20,21)9-15)16-12(17)8-23-14(19)10-4-3-5-11(22-2)13(10)18/h3-5,18H,6-9H2,1-2H3,(H,16,17)/t15-/m1/s1. The minimum Gasteiger partial charge on any atom is -0.504 e. The number of carbonyl (C=O) groups excluding carboxylic acids is 2. The number of amides is 1. The number of phenolic OH excluding ortho intramolecular Hbond substituents is 1. The monoisotopic (exact) mass is 357 g/mol. The van der Waals surface area contributed by atoms with Crippen LogP contribution in [0.5, 0.6) is 11.5 Å². The number of esters is 1. The molecule has 1 heterocycles. The highest BCUT2D eigenvalue weighted by Crippen LogP contribution is 2.29. The number of hydrogen-bond acceptors (Lipinski definition) is 7. The zero-order chi connectivity index (χ0) is 18.0. The first-order chi connectivity index (χ1) is 11.2. The van der Waals surface area contributed by atoms with Crippen molar-refractivity contribution in [2.75, 3.05) is 25.2 Å². The predicted octanol–water partition coefficient (Wildman–Crippen LogP) is 0.251. The number of rotatable bonds is 5. The number of ether oxygens (including phenoxy) is 2. The van der Waals surface area contributed by atoms with Gasteiger partial charge in [0.2, 0.25) is 0 Å². The number of sulfone groups is 1. The predicted molar refractivity (Wildman–Crippen MR) is 84.8 cm³/mol. The van der Waals surface area contributed by atoms with E-state index in [1.54, 1.807) is 6.92 Å². The van der Waals surface area contributed by atoms with Crippen LogP contribution in [0, 0.1) is 0 Å². The molecule has 0 aromatic heterocycles. The maximum absolute atomic E-state index is 11.9. The van der Waals surface area contributed by atoms with Crippen LogP contribution in [0.4, 0.5) is 0 Å². The van der Waals surface area contributed by atoms with Crippen LogP contribution in [0.25, 0.3) is 0 Å². The molecule has 1 atom stereocenters. The van der Waals surface area contributed by atoms with E-state index in [0.717, 1.165) is 0 Å². The second-order valence-electron chi connectivity index (χ2n) is 5.88. The maximum Gasteiger partial charge on any atom is 0.342 e. The van der Waals surface area contributed by atoms with Crippen LogP contribution in [0.15, 0.2) is 18.2 Å². The molecule has 1 amide bonds. The second-order valence-corrected chi connectivity index (χ2v) is 8.07. The third kappa shape index (κ3) is 4.16. The van der Waals surface area contributed by atoms with Gasteiger partial charge in [-0.15, -0.1) is 0 Å². The molecule has 1 saturated heterocycles. The molecule has 1 fully saturated rings. The SMILES string of the molecule is COc1cccc(C(=O)OCC(=O)N[C@]2(C)CCS(=O)(=O)C2)c1O. The van der Waals surface area contributed by atoms with Crippen LogP contribution in [0.1, 0.15) is 23.7 Å². The first kappa shape index (κ1) is 18.1. The number of nitrogens with one attached hydrogen (secondary N) is 1. The van der Waals surface area contributed by atoms with Crippen molar-refractivity contribution in [1.82, 2.24) is 5.32 Å². The first-order valence-corrected chi connectivity index (χ1v) is 9.02. The van der Waals surface area contributed by atoms with Gasteiger partial charge in [0.1, 0.15) is 5.56 Å². The summed E-state index contributed by atoms with van der Waals surface area (Å²) in [6, 6.07) is 4.31. The molecule has 1 aromatic rings. The largest absolute Gasteiger partial charge is 0.504 e. The highest BCUT2D eigenvalue weighted by atomic mass is 32.2. The van der Waals surface area contributed by atoms with E-state index >= 15 is 0 Å². The number of para-hydroxylation sites is 1. The summed E-state index contributed by atoms with van der Waals surface area (Å²) in [6.45, 7) is 1.05. The topological polar surface area (TPSA) is 119 Å². The molecule has 0 aliphatic carbocycles. The average molecular weight is 357 g/mol. The summed E-state index contributed by atoms with van der Waals surface area (Å²) in [5.41, 5.74) is -0.989. The molecular formula is C15H19NO7S. The van der Waals surface area contributed by atoms with E-state index in [1.165, 1.54) is 25.3 Å². The molecule has 132 valence electrons. The fourth-order valence-corrected chi connectivity index (χ4v) is 4.64. The van der Waals surface area contributed by atoms with E-state index < -0.39 is 33.9 Å². The Balaban J connectivity index is 1.94. The Bertz CT molecular complexity index is 759. The number of benzene rings is 1. The summed E-state index contributed by atoms with van der Waals surface area (Å²) >= 11 is 0. The number of carbonyl (C=O) groups is 2. The lowest BCUT2D eigenvalue weighted by Crippen LogP contribution is -2.48. The Kier molecular flexibility index (Phi) is 5.02. The van der Waals surface area contributed by atoms with Gasteiger partial charge in [0.15, 0.2) is 27.9 Å². The van der Waals surface area contributed by atoms with Crippen molar-refractivity contribution in [1.29, 1.82) is 0 Å². The van der Waals surface area contributed by atoms with Crippen LogP contribution in [0.2, 0.25) is 0 Å². The van der Waals surface area contributed by atoms with Crippen molar-refractivity contribution in [2.24, 2.45) is 0 Å². The van der Waals surface area contributed by atoms with E-state index in [4.69, 9.17) is 9.47 Å². The van der Waals surface area contributed by atoms with Gasteiger partial charge in [0, 0.05) is 0 Å². The zero-order valence-corrected chi connectivity index (χ0v) is 14.2. The van der Waals surface area contributed by atoms with E-state index in [0.29, 0.717) is 6.42 Å². The summed E-state index contributed by atoms with van der Waals surface area (Å²) < 4.78 is 32.8. The van der Waals surface area contributed by atoms with Gasteiger partial charge in [-0.25, -0.2) is 13.2 Å². The van der Waals surface area contributed by atoms with E-state index in [-0.39, 0.29) is 28.6 Å². The van der Waals surface area contributed by atoms with Gasteiger partial charge in [-0.3, -0.25) is 4.79 Å². The minimum absolute atomic E-state index is 0.0151. The Hall–Kier alpha value is -2.29. The molecule has 0 radical (unpaired) electrons. The van der Waals surface area contributed by atoms with Crippen molar-refractivity contribution in [2.45, 2.75) is 18.9 Å². The van der Waals surface area contributed by atoms with E-state index in [1.807, 2.05) is 0 Å². The van der Waals surface area contributed by atoms with Crippen molar-refractivity contribution >= 4 is 21.7 Å². The van der Waals surface area contributed by atoms with E-state index in [9.17, 15) is 23.1 Å². The first-order valence-electron chi connectivity index (χ1n) is 7.20. The van der Waals surface area contributed by atoms with Crippen LogP contribution in [-0.2, 0) is 19.4 Å². The smallest absolute Gasteiger partial charge is 0.342 e. The van der Waals surface area contributed by atoms with Crippen molar-refractivity contribution in [3.05, 3.63) is 23.8 Å². The van der Waals surface area contributed by atoms with Gasteiger partial charge in [-0.2, -0.15) is 0 Å². The summed E-state index contributed by atoms with van der Waals surface area (Å²) in [6.07, 6.45) is 0.311. The molecule has 0 bridgehead atoms. The molecule has 1 aliphatic heterocycles. The molecule has 9 heteroatoms. The molecule has 0 saturated carbocycles. The summed E-state index contributed by atoms with van der Waals surface area (Å²) in [5.74, 6) is -1.88. The molecular weight excluding hydrogens is 338 g/mol. The lowest BCUT2D eigenvalue weighted by atomic mass is 10.0. The molecule has 1 aliphatic rings. The molecule has 0 spiro atoms. The number of hydrogen-bond donors (Lipinski definition) is 2. The molecule has 8 nitrogen and oxygen atoms in total. The number of phenols is 1. The number of aromatic hydroxyl groups is 1. The number of methoxy groups -OCH3 is 1. The summed E-state index contributed by atoms with van der Waals surface area (Å²) in [5, 5.41) is 12.4. The van der Waals surface area contributed by atoms with Gasteiger partial charge < -0.3 is 19.9 Å². The highest BCUT2D eigenvalue weighted by molar-refractivity contribution is 7.91. The van der Waals surface area contributed by atoms with Crippen molar-refractivity contribution in [3.8, 4) is 11.5 Å². The fraction of sp³-hybridized carbons (Fsp3) is 0.467. The van der Waals surface area contributed by atoms with Gasteiger partial charge in [0.25, 0.3) is 5.91 Å². The average Bonchev–Trinajstić information content (AvgIpc) is 2.78. The normalized spacial score (nSPS) is 21.9. The second kappa shape index (κ2) is 6.68. The van der Waals surface area contributed by atoms with Crippen LogP contribution in [-0.4, -0.2) is 56.2 Å². The molecule has 2 N–H and O–H groups in total. The van der Waals surface area contributed by atoms with Gasteiger partial charge >= 0.3 is 5.97 Å². The lowest BCUT2D eigenvalue weighted by molar-refractivity contribution is -0.125. The zero-order valence-electron chi connectivity index (χ0n) is 13.4. The molecule has 1 aromatic carbocycles. The third-order valence-corrected chi connectivity index (χ3v) is 5.62. The van der Waals surface area contributed by atoms with Crippen LogP contribution in [0.3, 0.4) is 0 Å². The Morgan fingerprint density at radius 2 is 2.08 bits per heavy atom. The highest BCUT2D eigenvalue weighted by Gasteiger charge is 2.39. The molecule has 0 unspecified atom stereocenters. The molecule has 2 rings (SSSR count).